The number of hydrogen-bond acceptors (Lipinski definition) is 4. The first-order valence-electron chi connectivity index (χ1n) is 7.04. The van der Waals surface area contributed by atoms with Crippen molar-refractivity contribution < 1.29 is 19.1 Å². The second-order valence-electron chi connectivity index (χ2n) is 4.78. The third-order valence-corrected chi connectivity index (χ3v) is 3.72. The fourth-order valence-electron chi connectivity index (χ4n) is 1.92. The van der Waals surface area contributed by atoms with Crippen molar-refractivity contribution >= 4 is 33.9 Å². The van der Waals surface area contributed by atoms with Crippen LogP contribution in [0.15, 0.2) is 58.7 Å². The summed E-state index contributed by atoms with van der Waals surface area (Å²) in [6.45, 7) is 0. The molecule has 1 N–H and O–H groups in total. The number of halogens is 1. The van der Waals surface area contributed by atoms with Gasteiger partial charge in [-0.05, 0) is 48.0 Å². The van der Waals surface area contributed by atoms with E-state index in [9.17, 15) is 9.59 Å². The minimum Gasteiger partial charge on any atom is -0.497 e. The Kier molecular flexibility index (Phi) is 6.14. The summed E-state index contributed by atoms with van der Waals surface area (Å²) in [5, 5.41) is 2.58. The first-order chi connectivity index (χ1) is 11.5. The van der Waals surface area contributed by atoms with Crippen LogP contribution in [0.3, 0.4) is 0 Å². The molecule has 0 aliphatic heterocycles. The molecular weight excluding hydrogens is 374 g/mol. The summed E-state index contributed by atoms with van der Waals surface area (Å²) in [4.78, 5) is 24.2. The van der Waals surface area contributed by atoms with Crippen LogP contribution in [0.25, 0.3) is 6.08 Å². The summed E-state index contributed by atoms with van der Waals surface area (Å²) in [5.74, 6) is -0.392. The number of methoxy groups -OCH3 is 2. The highest BCUT2D eigenvalue weighted by Crippen LogP contribution is 2.14. The molecule has 124 valence electrons. The molecule has 0 aliphatic carbocycles. The zero-order valence-electron chi connectivity index (χ0n) is 13.2. The fraction of sp³-hybridized carbons (Fsp3) is 0.111. The van der Waals surface area contributed by atoms with Crippen molar-refractivity contribution in [3.05, 3.63) is 69.8 Å². The van der Waals surface area contributed by atoms with Gasteiger partial charge in [-0.15, -0.1) is 0 Å². The van der Waals surface area contributed by atoms with Gasteiger partial charge in [-0.3, -0.25) is 4.79 Å². The Bertz CT molecular complexity index is 752. The second-order valence-corrected chi connectivity index (χ2v) is 5.70. The van der Waals surface area contributed by atoms with Crippen LogP contribution in [0.1, 0.15) is 15.9 Å². The number of nitrogens with one attached hydrogen (secondary N) is 1. The molecule has 5 nitrogen and oxygen atoms in total. The molecule has 0 spiro atoms. The minimum atomic E-state index is -0.625. The van der Waals surface area contributed by atoms with Crippen LogP contribution < -0.4 is 10.1 Å². The second kappa shape index (κ2) is 8.31. The molecule has 0 atom stereocenters. The molecule has 0 saturated heterocycles. The maximum Gasteiger partial charge on any atom is 0.354 e. The summed E-state index contributed by atoms with van der Waals surface area (Å²) < 4.78 is 10.7. The third-order valence-electron chi connectivity index (χ3n) is 3.19. The molecule has 24 heavy (non-hydrogen) atoms. The first kappa shape index (κ1) is 17.7. The van der Waals surface area contributed by atoms with E-state index < -0.39 is 11.9 Å². The quantitative estimate of drug-likeness (QED) is 0.628. The number of rotatable bonds is 5. The van der Waals surface area contributed by atoms with E-state index in [1.165, 1.54) is 7.11 Å². The van der Waals surface area contributed by atoms with E-state index in [4.69, 9.17) is 9.47 Å². The summed E-state index contributed by atoms with van der Waals surface area (Å²) in [7, 11) is 2.81. The average Bonchev–Trinajstić information content (AvgIpc) is 2.62. The van der Waals surface area contributed by atoms with E-state index in [-0.39, 0.29) is 5.70 Å². The molecule has 0 radical (unpaired) electrons. The van der Waals surface area contributed by atoms with E-state index in [0.717, 1.165) is 10.0 Å². The monoisotopic (exact) mass is 389 g/mol. The van der Waals surface area contributed by atoms with Gasteiger partial charge < -0.3 is 14.8 Å². The summed E-state index contributed by atoms with van der Waals surface area (Å²) in [5.41, 5.74) is 1.22. The van der Waals surface area contributed by atoms with Crippen LogP contribution in [0.5, 0.6) is 5.75 Å². The lowest BCUT2D eigenvalue weighted by molar-refractivity contribution is -0.136. The Balaban J connectivity index is 2.23. The van der Waals surface area contributed by atoms with Gasteiger partial charge in [-0.2, -0.15) is 0 Å². The predicted octanol–water partition coefficient (Wildman–Crippen LogP) is 3.40. The number of carbonyl (C=O) groups is 2. The van der Waals surface area contributed by atoms with Gasteiger partial charge in [0.1, 0.15) is 11.4 Å². The van der Waals surface area contributed by atoms with Gasteiger partial charge in [-0.1, -0.05) is 28.1 Å². The van der Waals surface area contributed by atoms with Crippen LogP contribution in [-0.2, 0) is 9.53 Å². The molecule has 0 aliphatic rings. The van der Waals surface area contributed by atoms with E-state index in [0.29, 0.717) is 11.3 Å². The SMILES string of the molecule is COC(=O)/C(=C\c1ccc(Br)cc1)NC(=O)c1ccc(OC)cc1. The largest absolute Gasteiger partial charge is 0.497 e. The topological polar surface area (TPSA) is 64.6 Å². The zero-order chi connectivity index (χ0) is 17.5. The number of ether oxygens (including phenoxy) is 2. The predicted molar refractivity (Wildman–Crippen MR) is 94.6 cm³/mol. The fourth-order valence-corrected chi connectivity index (χ4v) is 2.18. The highest BCUT2D eigenvalue weighted by Gasteiger charge is 2.15. The number of hydrogen-bond donors (Lipinski definition) is 1. The maximum absolute atomic E-state index is 12.3. The lowest BCUT2D eigenvalue weighted by Gasteiger charge is -2.09. The molecule has 2 rings (SSSR count). The van der Waals surface area contributed by atoms with Crippen molar-refractivity contribution in [2.75, 3.05) is 14.2 Å². The number of carbonyl (C=O) groups excluding carboxylic acids is 2. The summed E-state index contributed by atoms with van der Waals surface area (Å²) in [6, 6.07) is 13.9. The van der Waals surface area contributed by atoms with Crippen LogP contribution >= 0.6 is 15.9 Å². The van der Waals surface area contributed by atoms with Gasteiger partial charge in [-0.25, -0.2) is 4.79 Å². The Labute approximate surface area is 148 Å². The standard InChI is InChI=1S/C18H16BrNO4/c1-23-15-9-5-13(6-10-15)17(21)20-16(18(22)24-2)11-12-3-7-14(19)8-4-12/h3-11H,1-2H3,(H,20,21)/b16-11+. The molecule has 6 heteroatoms. The molecule has 0 unspecified atom stereocenters. The molecule has 0 aromatic heterocycles. The smallest absolute Gasteiger partial charge is 0.354 e. The maximum atomic E-state index is 12.3. The van der Waals surface area contributed by atoms with E-state index in [1.54, 1.807) is 37.5 Å². The molecular formula is C18H16BrNO4. The first-order valence-corrected chi connectivity index (χ1v) is 7.84. The molecule has 2 aromatic carbocycles. The summed E-state index contributed by atoms with van der Waals surface area (Å²) >= 11 is 3.34. The van der Waals surface area contributed by atoms with Crippen molar-refractivity contribution in [3.8, 4) is 5.75 Å². The van der Waals surface area contributed by atoms with Gasteiger partial charge in [0.15, 0.2) is 0 Å². The Morgan fingerprint density at radius 1 is 1.00 bits per heavy atom. The number of benzene rings is 2. The van der Waals surface area contributed by atoms with Crippen molar-refractivity contribution in [2.45, 2.75) is 0 Å². The van der Waals surface area contributed by atoms with E-state index >= 15 is 0 Å². The zero-order valence-corrected chi connectivity index (χ0v) is 14.8. The van der Waals surface area contributed by atoms with Crippen molar-refractivity contribution in [2.24, 2.45) is 0 Å². The third kappa shape index (κ3) is 4.70. The van der Waals surface area contributed by atoms with Crippen molar-refractivity contribution in [1.29, 1.82) is 0 Å². The van der Waals surface area contributed by atoms with Gasteiger partial charge in [0.25, 0.3) is 5.91 Å². The van der Waals surface area contributed by atoms with Crippen LogP contribution in [0.4, 0.5) is 0 Å². The molecule has 0 saturated carbocycles. The number of amides is 1. The van der Waals surface area contributed by atoms with Crippen LogP contribution in [0.2, 0.25) is 0 Å². The Hall–Kier alpha value is -2.60. The van der Waals surface area contributed by atoms with E-state index in [2.05, 4.69) is 21.2 Å². The Morgan fingerprint density at radius 2 is 1.62 bits per heavy atom. The lowest BCUT2D eigenvalue weighted by atomic mass is 10.1. The van der Waals surface area contributed by atoms with E-state index in [1.807, 2.05) is 24.3 Å². The highest BCUT2D eigenvalue weighted by molar-refractivity contribution is 9.10. The molecule has 0 heterocycles. The van der Waals surface area contributed by atoms with Crippen LogP contribution in [0, 0.1) is 0 Å². The van der Waals surface area contributed by atoms with Gasteiger partial charge in [0, 0.05) is 10.0 Å². The molecule has 0 bridgehead atoms. The molecule has 2 aromatic rings. The summed E-state index contributed by atoms with van der Waals surface area (Å²) in [6.07, 6.45) is 1.56. The van der Waals surface area contributed by atoms with Crippen LogP contribution in [-0.4, -0.2) is 26.1 Å². The average molecular weight is 390 g/mol. The molecule has 1 amide bonds. The highest BCUT2D eigenvalue weighted by atomic mass is 79.9. The van der Waals surface area contributed by atoms with Gasteiger partial charge in [0.2, 0.25) is 0 Å². The van der Waals surface area contributed by atoms with Gasteiger partial charge >= 0.3 is 5.97 Å². The van der Waals surface area contributed by atoms with Gasteiger partial charge in [0.05, 0.1) is 14.2 Å². The molecule has 0 fully saturated rings. The van der Waals surface area contributed by atoms with Crippen molar-refractivity contribution in [3.63, 3.8) is 0 Å². The lowest BCUT2D eigenvalue weighted by Crippen LogP contribution is -2.28. The Morgan fingerprint density at radius 3 is 2.17 bits per heavy atom. The normalized spacial score (nSPS) is 10.9. The number of esters is 1. The van der Waals surface area contributed by atoms with Crippen molar-refractivity contribution in [1.82, 2.24) is 5.32 Å². The minimum absolute atomic E-state index is 0.0561.